The minimum absolute atomic E-state index is 0.00198. The number of phenols is 1. The van der Waals surface area contributed by atoms with E-state index in [4.69, 9.17) is 9.98 Å². The number of aromatic hydroxyl groups is 1. The van der Waals surface area contributed by atoms with Gasteiger partial charge in [-0.15, -0.1) is 0 Å². The molecule has 1 N–H and O–H groups in total. The van der Waals surface area contributed by atoms with Gasteiger partial charge in [0.2, 0.25) is 0 Å². The van der Waals surface area contributed by atoms with E-state index in [1.807, 2.05) is 18.2 Å². The van der Waals surface area contributed by atoms with Crippen LogP contribution in [-0.4, -0.2) is 34.1 Å². The maximum absolute atomic E-state index is 12.4. The van der Waals surface area contributed by atoms with Gasteiger partial charge in [0.1, 0.15) is 17.4 Å². The van der Waals surface area contributed by atoms with Crippen molar-refractivity contribution in [2.75, 3.05) is 18.5 Å². The molecule has 0 radical (unpaired) electrons. The minimum Gasteiger partial charge on any atom is -0.507 e. The highest BCUT2D eigenvalue weighted by atomic mass is 16.3. The molecule has 63 heavy (non-hydrogen) atoms. The molecule has 0 atom stereocenters. The normalized spacial score (nSPS) is 12.6. The van der Waals surface area contributed by atoms with Gasteiger partial charge in [0.05, 0.1) is 16.6 Å². The van der Waals surface area contributed by atoms with Crippen molar-refractivity contribution in [2.24, 2.45) is 22.7 Å². The molecule has 326 valence electrons. The number of aliphatic imine (C=N–C) groups is 1. The fraction of sp³-hybridized carbons (Fsp3) is 0.345. The number of anilines is 1. The highest BCUT2D eigenvalue weighted by Crippen LogP contribution is 2.44. The summed E-state index contributed by atoms with van der Waals surface area (Å²) in [6, 6.07) is 43.1. The number of hydrogen-bond acceptors (Lipinski definition) is 3. The Hall–Kier alpha value is -5.94. The van der Waals surface area contributed by atoms with Crippen LogP contribution < -0.4 is 4.90 Å². The van der Waals surface area contributed by atoms with Crippen molar-refractivity contribution in [3.63, 3.8) is 0 Å². The molecule has 0 saturated carbocycles. The summed E-state index contributed by atoms with van der Waals surface area (Å²) in [5.41, 5.74) is 15.5. The molecule has 1 aromatic heterocycles. The largest absolute Gasteiger partial charge is 0.507 e. The lowest BCUT2D eigenvalue weighted by Gasteiger charge is -2.28. The topological polar surface area (TPSA) is 53.6 Å². The molecule has 5 heteroatoms. The molecule has 0 unspecified atom stereocenters. The number of nitrogens with zero attached hydrogens (tertiary/aromatic N) is 4. The van der Waals surface area contributed by atoms with Gasteiger partial charge < -0.3 is 10.0 Å². The van der Waals surface area contributed by atoms with Crippen molar-refractivity contribution in [2.45, 2.75) is 101 Å². The summed E-state index contributed by atoms with van der Waals surface area (Å²) in [4.78, 5) is 13.4. The zero-order valence-corrected chi connectivity index (χ0v) is 40.2. The van der Waals surface area contributed by atoms with Gasteiger partial charge in [-0.3, -0.25) is 9.56 Å². The van der Waals surface area contributed by atoms with Crippen LogP contribution in [0.25, 0.3) is 50.4 Å². The molecule has 0 spiro atoms. The molecule has 0 aliphatic carbocycles. The Morgan fingerprint density at radius 2 is 1.24 bits per heavy atom. The van der Waals surface area contributed by atoms with Crippen molar-refractivity contribution >= 4 is 22.6 Å². The van der Waals surface area contributed by atoms with E-state index < -0.39 is 0 Å². The third-order valence-corrected chi connectivity index (χ3v) is 12.9. The maximum atomic E-state index is 12.4. The molecule has 7 rings (SSSR count). The summed E-state index contributed by atoms with van der Waals surface area (Å²) in [5.74, 6) is 3.32. The summed E-state index contributed by atoms with van der Waals surface area (Å²) in [6.07, 6.45) is 0. The molecular weight excluding hydrogens is 769 g/mol. The molecule has 5 nitrogen and oxygen atoms in total. The number of phenolic OH excluding ortho intramolecular Hbond substituents is 1. The maximum Gasteiger partial charge on any atom is 0.149 e. The molecule has 0 aliphatic rings. The van der Waals surface area contributed by atoms with E-state index in [-0.39, 0.29) is 16.6 Å². The first-order chi connectivity index (χ1) is 29.7. The van der Waals surface area contributed by atoms with E-state index in [2.05, 4.69) is 210 Å². The number of rotatable bonds is 10. The second kappa shape index (κ2) is 17.7. The fourth-order valence-corrected chi connectivity index (χ4v) is 9.37. The number of fused-ring (bicyclic) bond motifs is 1. The average molecular weight is 837 g/mol. The molecule has 0 fully saturated rings. The number of hydrogen-bond donors (Lipinski definition) is 1. The number of aromatic nitrogens is 2. The second-order valence-corrected chi connectivity index (χ2v) is 20.5. The van der Waals surface area contributed by atoms with E-state index in [0.717, 1.165) is 62.5 Å². The monoisotopic (exact) mass is 837 g/mol. The van der Waals surface area contributed by atoms with Crippen LogP contribution in [0.2, 0.25) is 0 Å². The van der Waals surface area contributed by atoms with E-state index in [1.54, 1.807) is 0 Å². The summed E-state index contributed by atoms with van der Waals surface area (Å²) >= 11 is 0. The van der Waals surface area contributed by atoms with Crippen LogP contribution in [0.15, 0.2) is 126 Å². The summed E-state index contributed by atoms with van der Waals surface area (Å²) in [6.45, 7) is 29.9. The van der Waals surface area contributed by atoms with Crippen LogP contribution in [0.4, 0.5) is 5.69 Å². The first-order valence-electron chi connectivity index (χ1n) is 22.8. The van der Waals surface area contributed by atoms with Gasteiger partial charge in [0, 0.05) is 41.7 Å². The molecule has 1 heterocycles. The Balaban J connectivity index is 1.47. The van der Waals surface area contributed by atoms with Crippen molar-refractivity contribution in [3.8, 4) is 45.1 Å². The predicted molar refractivity (Wildman–Crippen MR) is 270 cm³/mol. The van der Waals surface area contributed by atoms with Crippen LogP contribution in [0.5, 0.6) is 5.75 Å². The zero-order chi connectivity index (χ0) is 45.5. The number of benzene rings is 6. The summed E-state index contributed by atoms with van der Waals surface area (Å²) < 4.78 is 2.23. The molecular formula is C58H68N4O. The van der Waals surface area contributed by atoms with Crippen LogP contribution in [0.3, 0.4) is 0 Å². The summed E-state index contributed by atoms with van der Waals surface area (Å²) in [5, 5.41) is 12.4. The van der Waals surface area contributed by atoms with Crippen LogP contribution in [0.1, 0.15) is 103 Å². The Kier molecular flexibility index (Phi) is 12.7. The first kappa shape index (κ1) is 45.1. The van der Waals surface area contributed by atoms with Crippen molar-refractivity contribution in [3.05, 3.63) is 155 Å². The zero-order valence-electron chi connectivity index (χ0n) is 40.2. The van der Waals surface area contributed by atoms with Crippen molar-refractivity contribution in [1.82, 2.24) is 9.55 Å². The van der Waals surface area contributed by atoms with Gasteiger partial charge in [-0.05, 0) is 119 Å². The fourth-order valence-electron chi connectivity index (χ4n) is 9.37. The predicted octanol–water partition coefficient (Wildman–Crippen LogP) is 15.1. The standard InChI is InChI=1S/C58H68N4O/c1-36(2)50(37(3)4)35-59-55(61(14)53-39(6)30-38(5)31-40(53)7)43-23-18-22-42(32-43)47-24-19-25-51-52(47)60-56(62(51)46-28-26-44(27-29-46)57(8,9)10)49-34-45(58(11,12)13)33-48(54(49)63)41-20-16-15-17-21-41/h15-34,36-37,50,63H,35H2,1-14H3. The first-order valence-corrected chi connectivity index (χ1v) is 22.8. The number of aryl methyl sites for hydroxylation is 3. The van der Waals surface area contributed by atoms with E-state index >= 15 is 0 Å². The number of imidazole rings is 1. The Bertz CT molecular complexity index is 2740. The summed E-state index contributed by atoms with van der Waals surface area (Å²) in [7, 11) is 2.16. The van der Waals surface area contributed by atoms with Gasteiger partial charge in [-0.1, -0.05) is 160 Å². The Labute approximate surface area is 377 Å². The number of amidine groups is 1. The van der Waals surface area contributed by atoms with Crippen molar-refractivity contribution in [1.29, 1.82) is 0 Å². The van der Waals surface area contributed by atoms with Crippen LogP contribution in [-0.2, 0) is 10.8 Å². The third-order valence-electron chi connectivity index (χ3n) is 12.9. The smallest absolute Gasteiger partial charge is 0.149 e. The Morgan fingerprint density at radius 3 is 1.84 bits per heavy atom. The molecule has 0 bridgehead atoms. The van der Waals surface area contributed by atoms with Crippen LogP contribution in [0, 0.1) is 38.5 Å². The average Bonchev–Trinajstić information content (AvgIpc) is 3.61. The lowest BCUT2D eigenvalue weighted by molar-refractivity contribution is 0.298. The lowest BCUT2D eigenvalue weighted by Crippen LogP contribution is -2.30. The molecule has 7 aromatic rings. The van der Waals surface area contributed by atoms with Gasteiger partial charge in [0.15, 0.2) is 0 Å². The van der Waals surface area contributed by atoms with Crippen molar-refractivity contribution < 1.29 is 5.11 Å². The van der Waals surface area contributed by atoms with Gasteiger partial charge >= 0.3 is 0 Å². The minimum atomic E-state index is -0.185. The molecule has 6 aromatic carbocycles. The van der Waals surface area contributed by atoms with E-state index in [9.17, 15) is 5.11 Å². The SMILES string of the molecule is Cc1cc(C)c(N(C)C(=NCC(C(C)C)C(C)C)c2cccc(-c3cccc4c3nc(-c3cc(C(C)(C)C)cc(-c5ccccc5)c3O)n4-c3ccc(C(C)(C)C)cc3)c2)c(C)c1. The van der Waals surface area contributed by atoms with Gasteiger partial charge in [0.25, 0.3) is 0 Å². The molecule has 0 amide bonds. The second-order valence-electron chi connectivity index (χ2n) is 20.5. The molecule has 0 aliphatic heterocycles. The Morgan fingerprint density at radius 1 is 0.651 bits per heavy atom. The van der Waals surface area contributed by atoms with Gasteiger partial charge in [-0.25, -0.2) is 4.98 Å². The van der Waals surface area contributed by atoms with Crippen LogP contribution >= 0.6 is 0 Å². The quantitative estimate of drug-likeness (QED) is 0.110. The highest BCUT2D eigenvalue weighted by Gasteiger charge is 2.27. The van der Waals surface area contributed by atoms with Gasteiger partial charge in [-0.2, -0.15) is 0 Å². The molecule has 0 saturated heterocycles. The highest BCUT2D eigenvalue weighted by molar-refractivity contribution is 6.11. The lowest BCUT2D eigenvalue weighted by atomic mass is 9.83. The third kappa shape index (κ3) is 9.25. The van der Waals surface area contributed by atoms with E-state index in [0.29, 0.717) is 29.1 Å². The number of para-hydroxylation sites is 1. The van der Waals surface area contributed by atoms with E-state index in [1.165, 1.54) is 27.9 Å².